The van der Waals surface area contributed by atoms with Gasteiger partial charge in [0.1, 0.15) is 6.54 Å². The molecule has 0 saturated carbocycles. The minimum Gasteiger partial charge on any atom is -0.377 e. The Bertz CT molecular complexity index is 252. The van der Waals surface area contributed by atoms with Crippen LogP contribution in [0.5, 0.6) is 0 Å². The molecule has 0 unspecified atom stereocenters. The summed E-state index contributed by atoms with van der Waals surface area (Å²) in [4.78, 5) is 2.12. The van der Waals surface area contributed by atoms with E-state index in [4.69, 9.17) is 0 Å². The van der Waals surface area contributed by atoms with Gasteiger partial charge in [0.15, 0.2) is 12.4 Å². The monoisotopic (exact) mass is 193 g/mol. The smallest absolute Gasteiger partial charge is 0.170 e. The molecule has 0 bridgehead atoms. The average Bonchev–Trinajstić information content (AvgIpc) is 2.19. The molecule has 1 aromatic heterocycles. The first-order chi connectivity index (χ1) is 6.74. The molecule has 0 atom stereocenters. The Hall–Kier alpha value is -1.05. The van der Waals surface area contributed by atoms with Gasteiger partial charge in [0.05, 0.1) is 0 Å². The van der Waals surface area contributed by atoms with E-state index in [1.54, 1.807) is 0 Å². The van der Waals surface area contributed by atoms with Crippen molar-refractivity contribution in [1.82, 2.24) is 0 Å². The lowest BCUT2D eigenvalue weighted by atomic mass is 10.2. The number of hydrogen-bond donors (Lipinski definition) is 0. The molecule has 0 fully saturated rings. The lowest BCUT2D eigenvalue weighted by Crippen LogP contribution is -2.32. The van der Waals surface area contributed by atoms with Crippen LogP contribution < -0.4 is 9.47 Å². The molecule has 78 valence electrons. The summed E-state index contributed by atoms with van der Waals surface area (Å²) in [5, 5.41) is 0. The quantitative estimate of drug-likeness (QED) is 0.514. The predicted molar refractivity (Wildman–Crippen MR) is 60.5 cm³/mol. The van der Waals surface area contributed by atoms with Crippen molar-refractivity contribution >= 4 is 5.69 Å². The fourth-order valence-electron chi connectivity index (χ4n) is 1.44. The van der Waals surface area contributed by atoms with Crippen LogP contribution >= 0.6 is 0 Å². The van der Waals surface area contributed by atoms with E-state index in [2.05, 4.69) is 55.0 Å². The van der Waals surface area contributed by atoms with Crippen LogP contribution in [0.15, 0.2) is 24.5 Å². The van der Waals surface area contributed by atoms with Crippen molar-refractivity contribution in [3.8, 4) is 0 Å². The maximum atomic E-state index is 2.25. The Balaban J connectivity index is 2.47. The van der Waals surface area contributed by atoms with Gasteiger partial charge in [-0.15, -0.1) is 0 Å². The van der Waals surface area contributed by atoms with Gasteiger partial charge in [-0.1, -0.05) is 13.3 Å². The molecule has 0 aliphatic carbocycles. The lowest BCUT2D eigenvalue weighted by Gasteiger charge is -2.10. The molecule has 0 aromatic carbocycles. The van der Waals surface area contributed by atoms with Crippen LogP contribution in [0.2, 0.25) is 0 Å². The molecule has 1 aromatic rings. The maximum absolute atomic E-state index is 2.25. The highest BCUT2D eigenvalue weighted by molar-refractivity contribution is 5.41. The van der Waals surface area contributed by atoms with Crippen molar-refractivity contribution in [3.05, 3.63) is 24.5 Å². The molecule has 0 aliphatic heterocycles. The maximum Gasteiger partial charge on any atom is 0.170 e. The van der Waals surface area contributed by atoms with Gasteiger partial charge in [-0.05, 0) is 6.42 Å². The molecule has 0 spiro atoms. The molecule has 2 heteroatoms. The Labute approximate surface area is 87.2 Å². The Morgan fingerprint density at radius 1 is 1.14 bits per heavy atom. The lowest BCUT2D eigenvalue weighted by molar-refractivity contribution is -0.697. The number of unbranched alkanes of at least 4 members (excludes halogenated alkanes) is 2. The molecule has 0 saturated heterocycles. The summed E-state index contributed by atoms with van der Waals surface area (Å²) in [6, 6.07) is 4.32. The number of nitrogens with zero attached hydrogens (tertiary/aromatic N) is 2. The Morgan fingerprint density at radius 2 is 1.79 bits per heavy atom. The average molecular weight is 193 g/mol. The summed E-state index contributed by atoms with van der Waals surface area (Å²) in [5.41, 5.74) is 1.26. The normalized spacial score (nSPS) is 10.2. The topological polar surface area (TPSA) is 7.12 Å². The van der Waals surface area contributed by atoms with Crippen molar-refractivity contribution in [2.75, 3.05) is 19.0 Å². The fourth-order valence-corrected chi connectivity index (χ4v) is 1.44. The van der Waals surface area contributed by atoms with Crippen molar-refractivity contribution in [2.45, 2.75) is 32.7 Å². The van der Waals surface area contributed by atoms with Crippen LogP contribution in [0.25, 0.3) is 0 Å². The number of rotatable bonds is 5. The third kappa shape index (κ3) is 3.36. The second kappa shape index (κ2) is 5.63. The molecule has 1 rings (SSSR count). The Morgan fingerprint density at radius 3 is 2.29 bits per heavy atom. The van der Waals surface area contributed by atoms with E-state index in [0.717, 1.165) is 6.54 Å². The van der Waals surface area contributed by atoms with Crippen molar-refractivity contribution in [3.63, 3.8) is 0 Å². The van der Waals surface area contributed by atoms with Crippen LogP contribution in [0.3, 0.4) is 0 Å². The van der Waals surface area contributed by atoms with Crippen molar-refractivity contribution in [2.24, 2.45) is 0 Å². The van der Waals surface area contributed by atoms with Crippen LogP contribution in [-0.2, 0) is 6.54 Å². The van der Waals surface area contributed by atoms with Crippen LogP contribution in [0, 0.1) is 0 Å². The summed E-state index contributed by atoms with van der Waals surface area (Å²) in [6.45, 7) is 3.38. The van der Waals surface area contributed by atoms with Crippen molar-refractivity contribution < 1.29 is 4.57 Å². The first-order valence-electron chi connectivity index (χ1n) is 5.40. The third-order valence-corrected chi connectivity index (χ3v) is 2.41. The van der Waals surface area contributed by atoms with E-state index < -0.39 is 0 Å². The summed E-state index contributed by atoms with van der Waals surface area (Å²) < 4.78 is 2.25. The summed E-state index contributed by atoms with van der Waals surface area (Å²) >= 11 is 0. The molecular formula is C12H21N2+. The highest BCUT2D eigenvalue weighted by Crippen LogP contribution is 2.06. The van der Waals surface area contributed by atoms with E-state index in [1.807, 2.05) is 0 Å². The first-order valence-corrected chi connectivity index (χ1v) is 5.40. The molecule has 0 radical (unpaired) electrons. The molecular weight excluding hydrogens is 172 g/mol. The van der Waals surface area contributed by atoms with Crippen LogP contribution in [-0.4, -0.2) is 14.1 Å². The van der Waals surface area contributed by atoms with Gasteiger partial charge in [-0.3, -0.25) is 0 Å². The first kappa shape index (κ1) is 11.0. The minimum absolute atomic E-state index is 1.14. The van der Waals surface area contributed by atoms with Gasteiger partial charge >= 0.3 is 0 Å². The second-order valence-corrected chi connectivity index (χ2v) is 3.90. The van der Waals surface area contributed by atoms with E-state index in [-0.39, 0.29) is 0 Å². The number of anilines is 1. The highest BCUT2D eigenvalue weighted by Gasteiger charge is 2.00. The van der Waals surface area contributed by atoms with E-state index in [1.165, 1.54) is 24.9 Å². The van der Waals surface area contributed by atoms with E-state index in [0.29, 0.717) is 0 Å². The number of pyridine rings is 1. The fraction of sp³-hybridized carbons (Fsp3) is 0.583. The van der Waals surface area contributed by atoms with Gasteiger partial charge in [0.2, 0.25) is 0 Å². The van der Waals surface area contributed by atoms with Gasteiger partial charge in [-0.2, -0.15) is 0 Å². The SMILES string of the molecule is CCCCC[n+]1ccc(N(C)C)cc1. The van der Waals surface area contributed by atoms with Crippen LogP contribution in [0.4, 0.5) is 5.69 Å². The zero-order chi connectivity index (χ0) is 10.4. The van der Waals surface area contributed by atoms with Gasteiger partial charge in [0, 0.05) is 38.3 Å². The van der Waals surface area contributed by atoms with Gasteiger partial charge in [-0.25, -0.2) is 4.57 Å². The van der Waals surface area contributed by atoms with Gasteiger partial charge in [0.25, 0.3) is 0 Å². The Kier molecular flexibility index (Phi) is 4.44. The molecule has 14 heavy (non-hydrogen) atoms. The number of hydrogen-bond acceptors (Lipinski definition) is 1. The second-order valence-electron chi connectivity index (χ2n) is 3.90. The molecule has 0 amide bonds. The summed E-state index contributed by atoms with van der Waals surface area (Å²) in [7, 11) is 4.13. The summed E-state index contributed by atoms with van der Waals surface area (Å²) in [6.07, 6.45) is 8.21. The van der Waals surface area contributed by atoms with E-state index in [9.17, 15) is 0 Å². The largest absolute Gasteiger partial charge is 0.377 e. The van der Waals surface area contributed by atoms with Gasteiger partial charge < -0.3 is 4.90 Å². The third-order valence-electron chi connectivity index (χ3n) is 2.41. The minimum atomic E-state index is 1.14. The van der Waals surface area contributed by atoms with E-state index >= 15 is 0 Å². The predicted octanol–water partition coefficient (Wildman–Crippen LogP) is 2.23. The zero-order valence-corrected chi connectivity index (χ0v) is 9.53. The number of aryl methyl sites for hydroxylation is 1. The molecule has 2 nitrogen and oxygen atoms in total. The van der Waals surface area contributed by atoms with Crippen molar-refractivity contribution in [1.29, 1.82) is 0 Å². The summed E-state index contributed by atoms with van der Waals surface area (Å²) in [5.74, 6) is 0. The molecule has 0 N–H and O–H groups in total. The zero-order valence-electron chi connectivity index (χ0n) is 9.53. The molecule has 0 aliphatic rings. The molecule has 1 heterocycles. The standard InChI is InChI=1S/C12H21N2/c1-4-5-6-9-14-10-7-12(8-11-14)13(2)3/h7-8,10-11H,4-6,9H2,1-3H3/q+1. The van der Waals surface area contributed by atoms with Crippen LogP contribution in [0.1, 0.15) is 26.2 Å². The highest BCUT2D eigenvalue weighted by atomic mass is 15.1. The number of aromatic nitrogens is 1.